The summed E-state index contributed by atoms with van der Waals surface area (Å²) in [5.74, 6) is 1.44. The van der Waals surface area contributed by atoms with E-state index in [9.17, 15) is 4.79 Å². The molecule has 5 heteroatoms. The average Bonchev–Trinajstić information content (AvgIpc) is 2.83. The summed E-state index contributed by atoms with van der Waals surface area (Å²) in [7, 11) is 0. The van der Waals surface area contributed by atoms with Crippen molar-refractivity contribution in [2.75, 3.05) is 25.2 Å². The fraction of sp³-hybridized carbons (Fsp3) is 0.933. The van der Waals surface area contributed by atoms with E-state index in [1.807, 2.05) is 13.2 Å². The molecule has 0 aromatic rings. The Bertz CT molecular complexity index is 329. The van der Waals surface area contributed by atoms with E-state index >= 15 is 0 Å². The van der Waals surface area contributed by atoms with Crippen LogP contribution in [0.25, 0.3) is 0 Å². The van der Waals surface area contributed by atoms with E-state index in [0.717, 1.165) is 24.5 Å². The lowest BCUT2D eigenvalue weighted by molar-refractivity contribution is -0.191. The average molecular weight is 301 g/mol. The maximum atomic E-state index is 11.9. The molecule has 1 saturated carbocycles. The first kappa shape index (κ1) is 16.1. The number of carbonyl (C=O) groups excluding carboxylic acids is 1. The van der Waals surface area contributed by atoms with Gasteiger partial charge in [0, 0.05) is 31.1 Å². The monoisotopic (exact) mass is 301 g/mol. The van der Waals surface area contributed by atoms with Crippen molar-refractivity contribution in [3.05, 3.63) is 0 Å². The molecule has 1 N–H and O–H groups in total. The first-order chi connectivity index (χ1) is 9.54. The zero-order valence-corrected chi connectivity index (χ0v) is 13.6. The van der Waals surface area contributed by atoms with E-state index < -0.39 is 0 Å². The smallest absolute Gasteiger partial charge is 0.223 e. The molecule has 1 aliphatic heterocycles. The number of hydrogen-bond acceptors (Lipinski definition) is 4. The third-order valence-electron chi connectivity index (χ3n) is 4.32. The van der Waals surface area contributed by atoms with Crippen molar-refractivity contribution in [3.63, 3.8) is 0 Å². The maximum absolute atomic E-state index is 11.9. The van der Waals surface area contributed by atoms with Crippen LogP contribution in [0.5, 0.6) is 0 Å². The van der Waals surface area contributed by atoms with Gasteiger partial charge in [-0.15, -0.1) is 0 Å². The van der Waals surface area contributed by atoms with Crippen LogP contribution >= 0.6 is 11.8 Å². The molecule has 1 saturated heterocycles. The molecule has 2 atom stereocenters. The highest BCUT2D eigenvalue weighted by atomic mass is 32.2. The van der Waals surface area contributed by atoms with Crippen LogP contribution in [0.1, 0.15) is 39.5 Å². The first-order valence-corrected chi connectivity index (χ1v) is 9.02. The zero-order valence-electron chi connectivity index (χ0n) is 12.8. The SMILES string of the molecule is CSC[C@@H](C)C(=O)NC[C@H]1COC2(CCC(C)CC2)O1. The van der Waals surface area contributed by atoms with Gasteiger partial charge in [0.05, 0.1) is 6.61 Å². The van der Waals surface area contributed by atoms with E-state index in [4.69, 9.17) is 9.47 Å². The molecule has 0 bridgehead atoms. The van der Waals surface area contributed by atoms with E-state index in [1.54, 1.807) is 11.8 Å². The minimum absolute atomic E-state index is 0.00818. The van der Waals surface area contributed by atoms with Crippen LogP contribution in [0.4, 0.5) is 0 Å². The largest absolute Gasteiger partial charge is 0.353 e. The van der Waals surface area contributed by atoms with Gasteiger partial charge in [-0.25, -0.2) is 0 Å². The molecule has 1 amide bonds. The Labute approximate surface area is 126 Å². The molecule has 2 rings (SSSR count). The molecule has 116 valence electrons. The van der Waals surface area contributed by atoms with Crippen LogP contribution in [0.3, 0.4) is 0 Å². The van der Waals surface area contributed by atoms with Crippen molar-refractivity contribution in [2.45, 2.75) is 51.4 Å². The molecule has 0 unspecified atom stereocenters. The van der Waals surface area contributed by atoms with Crippen LogP contribution in [0.15, 0.2) is 0 Å². The summed E-state index contributed by atoms with van der Waals surface area (Å²) in [5.41, 5.74) is 0. The quantitative estimate of drug-likeness (QED) is 0.847. The summed E-state index contributed by atoms with van der Waals surface area (Å²) in [6.07, 6.45) is 6.34. The highest BCUT2D eigenvalue weighted by Crippen LogP contribution is 2.39. The van der Waals surface area contributed by atoms with E-state index in [1.165, 1.54) is 12.8 Å². The van der Waals surface area contributed by atoms with Crippen molar-refractivity contribution in [3.8, 4) is 0 Å². The molecule has 2 aliphatic rings. The van der Waals surface area contributed by atoms with Gasteiger partial charge in [0.1, 0.15) is 6.10 Å². The molecule has 0 radical (unpaired) electrons. The molecule has 2 fully saturated rings. The highest BCUT2D eigenvalue weighted by molar-refractivity contribution is 7.98. The van der Waals surface area contributed by atoms with Crippen molar-refractivity contribution in [1.82, 2.24) is 5.32 Å². The Kier molecular flexibility index (Phi) is 5.75. The van der Waals surface area contributed by atoms with Gasteiger partial charge >= 0.3 is 0 Å². The van der Waals surface area contributed by atoms with Crippen molar-refractivity contribution in [1.29, 1.82) is 0 Å². The lowest BCUT2D eigenvalue weighted by Crippen LogP contribution is -2.39. The lowest BCUT2D eigenvalue weighted by atomic mass is 9.86. The predicted molar refractivity (Wildman–Crippen MR) is 81.7 cm³/mol. The van der Waals surface area contributed by atoms with Gasteiger partial charge in [0.15, 0.2) is 5.79 Å². The number of hydrogen-bond donors (Lipinski definition) is 1. The summed E-state index contributed by atoms with van der Waals surface area (Å²) in [5, 5.41) is 2.98. The Hall–Kier alpha value is -0.260. The van der Waals surface area contributed by atoms with Crippen molar-refractivity contribution in [2.24, 2.45) is 11.8 Å². The first-order valence-electron chi connectivity index (χ1n) is 7.63. The second-order valence-electron chi connectivity index (χ2n) is 6.25. The maximum Gasteiger partial charge on any atom is 0.223 e. The summed E-state index contributed by atoms with van der Waals surface area (Å²) in [4.78, 5) is 11.9. The molecule has 1 aliphatic carbocycles. The summed E-state index contributed by atoms with van der Waals surface area (Å²) < 4.78 is 12.0. The summed E-state index contributed by atoms with van der Waals surface area (Å²) in [6.45, 7) is 5.41. The molecule has 1 spiro atoms. The minimum Gasteiger partial charge on any atom is -0.353 e. The van der Waals surface area contributed by atoms with Crippen LogP contribution in [0, 0.1) is 11.8 Å². The second-order valence-corrected chi connectivity index (χ2v) is 7.16. The molecule has 4 nitrogen and oxygen atoms in total. The second kappa shape index (κ2) is 7.14. The van der Waals surface area contributed by atoms with Gasteiger partial charge in [-0.2, -0.15) is 11.8 Å². The van der Waals surface area contributed by atoms with Crippen LogP contribution in [0.2, 0.25) is 0 Å². The third-order valence-corrected chi connectivity index (χ3v) is 5.15. The fourth-order valence-corrected chi connectivity index (χ4v) is 3.55. The Morgan fingerprint density at radius 3 is 2.80 bits per heavy atom. The predicted octanol–water partition coefficient (Wildman–Crippen LogP) is 2.42. The Balaban J connectivity index is 1.72. The van der Waals surface area contributed by atoms with Gasteiger partial charge < -0.3 is 14.8 Å². The molecular formula is C15H27NO3S. The standard InChI is InChI=1S/C15H27NO3S/c1-11-4-6-15(7-5-11)18-9-13(19-15)8-16-14(17)12(2)10-20-3/h11-13H,4-10H2,1-3H3,(H,16,17)/t11?,12-,13+,15?/m1/s1. The van der Waals surface area contributed by atoms with Gasteiger partial charge in [-0.05, 0) is 25.0 Å². The van der Waals surface area contributed by atoms with Crippen LogP contribution in [-0.4, -0.2) is 43.0 Å². The number of ether oxygens (including phenoxy) is 2. The molecule has 20 heavy (non-hydrogen) atoms. The minimum atomic E-state index is -0.354. The highest BCUT2D eigenvalue weighted by Gasteiger charge is 2.43. The number of amides is 1. The van der Waals surface area contributed by atoms with Crippen molar-refractivity contribution < 1.29 is 14.3 Å². The normalized spacial score (nSPS) is 35.1. The summed E-state index contributed by atoms with van der Waals surface area (Å²) >= 11 is 1.70. The number of nitrogens with one attached hydrogen (secondary N) is 1. The number of carbonyl (C=O) groups is 1. The zero-order chi connectivity index (χ0) is 14.6. The fourth-order valence-electron chi connectivity index (χ4n) is 2.90. The third kappa shape index (κ3) is 4.12. The number of thioether (sulfide) groups is 1. The van der Waals surface area contributed by atoms with E-state index in [2.05, 4.69) is 12.2 Å². The van der Waals surface area contributed by atoms with Crippen molar-refractivity contribution >= 4 is 17.7 Å². The van der Waals surface area contributed by atoms with E-state index in [-0.39, 0.29) is 23.7 Å². The molecule has 0 aromatic heterocycles. The van der Waals surface area contributed by atoms with Gasteiger partial charge in [0.2, 0.25) is 5.91 Å². The Morgan fingerprint density at radius 1 is 1.45 bits per heavy atom. The van der Waals surface area contributed by atoms with Gasteiger partial charge in [-0.3, -0.25) is 4.79 Å². The van der Waals surface area contributed by atoms with Crippen LogP contribution < -0.4 is 5.32 Å². The van der Waals surface area contributed by atoms with Crippen LogP contribution in [-0.2, 0) is 14.3 Å². The lowest BCUT2D eigenvalue weighted by Gasteiger charge is -2.34. The van der Waals surface area contributed by atoms with E-state index in [0.29, 0.717) is 13.2 Å². The van der Waals surface area contributed by atoms with Gasteiger partial charge in [0.25, 0.3) is 0 Å². The number of rotatable bonds is 5. The molecule has 1 heterocycles. The molecule has 0 aromatic carbocycles. The topological polar surface area (TPSA) is 47.6 Å². The Morgan fingerprint density at radius 2 is 2.15 bits per heavy atom. The van der Waals surface area contributed by atoms with Gasteiger partial charge in [-0.1, -0.05) is 13.8 Å². The summed E-state index contributed by atoms with van der Waals surface area (Å²) in [6, 6.07) is 0. The molecular weight excluding hydrogens is 274 g/mol.